The van der Waals surface area contributed by atoms with Gasteiger partial charge in [-0.3, -0.25) is 14.9 Å². The Hall–Kier alpha value is -2.60. The molecule has 0 aliphatic carbocycles. The predicted octanol–water partition coefficient (Wildman–Crippen LogP) is 3.67. The number of methoxy groups -OCH3 is 1. The van der Waals surface area contributed by atoms with Crippen LogP contribution in [0.2, 0.25) is 5.02 Å². The van der Waals surface area contributed by atoms with Crippen LogP contribution in [0.3, 0.4) is 0 Å². The second kappa shape index (κ2) is 7.11. The molecule has 0 aliphatic heterocycles. The van der Waals surface area contributed by atoms with Gasteiger partial charge in [0.05, 0.1) is 23.0 Å². The number of nitro groups is 1. The summed E-state index contributed by atoms with van der Waals surface area (Å²) in [4.78, 5) is 22.2. The fraction of sp³-hybridized carbons (Fsp3) is 0.188. The van der Waals surface area contributed by atoms with Crippen molar-refractivity contribution in [3.8, 4) is 5.75 Å². The number of para-hydroxylation sites is 1. The summed E-state index contributed by atoms with van der Waals surface area (Å²) in [6.07, 6.45) is -0.00482. The summed E-state index contributed by atoms with van der Waals surface area (Å²) in [6.45, 7) is 0. The molecule has 1 N–H and O–H groups in total. The maximum atomic E-state index is 11.6. The number of aliphatic carboxylic acids is 1. The van der Waals surface area contributed by atoms with Crippen LogP contribution in [0.4, 0.5) is 5.69 Å². The quantitative estimate of drug-likeness (QED) is 0.642. The molecule has 0 amide bonds. The summed E-state index contributed by atoms with van der Waals surface area (Å²) < 4.78 is 5.04. The zero-order valence-electron chi connectivity index (χ0n) is 12.2. The highest BCUT2D eigenvalue weighted by Gasteiger charge is 2.25. The molecule has 0 bridgehead atoms. The Balaban J connectivity index is 2.39. The molecule has 0 spiro atoms. The lowest BCUT2D eigenvalue weighted by Gasteiger charge is -2.14. The summed E-state index contributed by atoms with van der Waals surface area (Å²) in [5.74, 6) is -1.59. The van der Waals surface area contributed by atoms with Crippen molar-refractivity contribution in [2.45, 2.75) is 12.3 Å². The maximum absolute atomic E-state index is 11.6. The van der Waals surface area contributed by atoms with Crippen LogP contribution in [0.1, 0.15) is 17.0 Å². The Kier molecular flexibility index (Phi) is 5.18. The molecule has 0 aromatic heterocycles. The van der Waals surface area contributed by atoms with Gasteiger partial charge < -0.3 is 9.84 Å². The number of carboxylic acids is 1. The Labute approximate surface area is 137 Å². The van der Waals surface area contributed by atoms with Gasteiger partial charge in [-0.25, -0.2) is 0 Å². The molecule has 2 rings (SSSR count). The zero-order valence-corrected chi connectivity index (χ0v) is 13.0. The van der Waals surface area contributed by atoms with E-state index in [9.17, 15) is 20.0 Å². The van der Waals surface area contributed by atoms with E-state index >= 15 is 0 Å². The van der Waals surface area contributed by atoms with Crippen LogP contribution in [0.25, 0.3) is 0 Å². The van der Waals surface area contributed by atoms with E-state index in [1.165, 1.54) is 19.2 Å². The van der Waals surface area contributed by atoms with Crippen molar-refractivity contribution in [3.63, 3.8) is 0 Å². The van der Waals surface area contributed by atoms with E-state index in [4.69, 9.17) is 16.3 Å². The molecule has 1 atom stereocenters. The molecule has 0 saturated carbocycles. The van der Waals surface area contributed by atoms with Crippen molar-refractivity contribution >= 4 is 23.3 Å². The predicted molar refractivity (Wildman–Crippen MR) is 85.2 cm³/mol. The van der Waals surface area contributed by atoms with Crippen molar-refractivity contribution in [1.82, 2.24) is 0 Å². The van der Waals surface area contributed by atoms with E-state index in [1.54, 1.807) is 30.3 Å². The normalized spacial score (nSPS) is 11.7. The maximum Gasteiger partial charge on any atom is 0.311 e. The molecule has 1 unspecified atom stereocenters. The van der Waals surface area contributed by atoms with Gasteiger partial charge in [0.15, 0.2) is 0 Å². The first-order valence-electron chi connectivity index (χ1n) is 6.72. The summed E-state index contributed by atoms with van der Waals surface area (Å²) in [5, 5.41) is 20.8. The average Bonchev–Trinajstić information content (AvgIpc) is 2.52. The minimum absolute atomic E-state index is 0.00482. The number of nitro benzene ring substituents is 1. The molecule has 6 nitrogen and oxygen atoms in total. The fourth-order valence-electron chi connectivity index (χ4n) is 2.33. The number of carboxylic acid groups (broad SMARTS) is 1. The third-order valence-electron chi connectivity index (χ3n) is 3.49. The first-order valence-corrected chi connectivity index (χ1v) is 7.10. The lowest BCUT2D eigenvalue weighted by Crippen LogP contribution is -2.15. The molecule has 0 saturated heterocycles. The standard InChI is InChI=1S/C16H14ClNO5/c1-23-15-7-6-10(9-13(15)17)12(16(19)20)8-11-4-2-3-5-14(11)18(21)22/h2-7,9,12H,8H2,1H3,(H,19,20). The van der Waals surface area contributed by atoms with Gasteiger partial charge in [-0.05, 0) is 24.1 Å². The Morgan fingerprint density at radius 1 is 1.35 bits per heavy atom. The minimum Gasteiger partial charge on any atom is -0.495 e. The van der Waals surface area contributed by atoms with Crippen LogP contribution < -0.4 is 4.74 Å². The van der Waals surface area contributed by atoms with E-state index in [0.717, 1.165) is 0 Å². The molecule has 7 heteroatoms. The number of nitrogens with zero attached hydrogens (tertiary/aromatic N) is 1. The minimum atomic E-state index is -1.08. The molecule has 0 radical (unpaired) electrons. The highest BCUT2D eigenvalue weighted by molar-refractivity contribution is 6.32. The first-order chi connectivity index (χ1) is 10.9. The number of benzene rings is 2. The van der Waals surface area contributed by atoms with Crippen LogP contribution in [0, 0.1) is 10.1 Å². The Morgan fingerprint density at radius 3 is 2.61 bits per heavy atom. The van der Waals surface area contributed by atoms with Gasteiger partial charge in [0.2, 0.25) is 0 Å². The van der Waals surface area contributed by atoms with Crippen molar-refractivity contribution in [1.29, 1.82) is 0 Å². The highest BCUT2D eigenvalue weighted by Crippen LogP contribution is 2.31. The highest BCUT2D eigenvalue weighted by atomic mass is 35.5. The number of hydrogen-bond donors (Lipinski definition) is 1. The molecular weight excluding hydrogens is 322 g/mol. The van der Waals surface area contributed by atoms with Gasteiger partial charge in [0.1, 0.15) is 5.75 Å². The number of halogens is 1. The third kappa shape index (κ3) is 3.78. The molecule has 120 valence electrons. The topological polar surface area (TPSA) is 89.7 Å². The fourth-order valence-corrected chi connectivity index (χ4v) is 2.59. The monoisotopic (exact) mass is 335 g/mol. The lowest BCUT2D eigenvalue weighted by molar-refractivity contribution is -0.385. The first kappa shape index (κ1) is 16.8. The zero-order chi connectivity index (χ0) is 17.0. The molecule has 2 aromatic carbocycles. The Morgan fingerprint density at radius 2 is 2.04 bits per heavy atom. The molecule has 23 heavy (non-hydrogen) atoms. The molecule has 0 fully saturated rings. The van der Waals surface area contributed by atoms with Crippen LogP contribution in [-0.4, -0.2) is 23.1 Å². The summed E-state index contributed by atoms with van der Waals surface area (Å²) in [6, 6.07) is 10.8. The number of ether oxygens (including phenoxy) is 1. The van der Waals surface area contributed by atoms with Gasteiger partial charge in [-0.15, -0.1) is 0 Å². The third-order valence-corrected chi connectivity index (χ3v) is 3.78. The average molecular weight is 336 g/mol. The largest absolute Gasteiger partial charge is 0.495 e. The van der Waals surface area contributed by atoms with E-state index in [1.807, 2.05) is 0 Å². The molecule has 0 heterocycles. The number of rotatable bonds is 6. The molecule has 2 aromatic rings. The van der Waals surface area contributed by atoms with Crippen LogP contribution >= 0.6 is 11.6 Å². The van der Waals surface area contributed by atoms with Crippen LogP contribution in [0.15, 0.2) is 42.5 Å². The second-order valence-electron chi connectivity index (χ2n) is 4.87. The number of hydrogen-bond acceptors (Lipinski definition) is 4. The smallest absolute Gasteiger partial charge is 0.311 e. The summed E-state index contributed by atoms with van der Waals surface area (Å²) in [5.41, 5.74) is 0.719. The van der Waals surface area contributed by atoms with Crippen molar-refractivity contribution in [2.75, 3.05) is 7.11 Å². The van der Waals surface area contributed by atoms with E-state index in [0.29, 0.717) is 21.9 Å². The second-order valence-corrected chi connectivity index (χ2v) is 5.28. The van der Waals surface area contributed by atoms with E-state index in [-0.39, 0.29) is 12.1 Å². The van der Waals surface area contributed by atoms with Crippen molar-refractivity contribution in [3.05, 3.63) is 68.7 Å². The SMILES string of the molecule is COc1ccc(C(Cc2ccccc2[N+](=O)[O-])C(=O)O)cc1Cl. The van der Waals surface area contributed by atoms with Crippen molar-refractivity contribution < 1.29 is 19.6 Å². The van der Waals surface area contributed by atoms with Gasteiger partial charge in [-0.1, -0.05) is 35.9 Å². The summed E-state index contributed by atoms with van der Waals surface area (Å²) in [7, 11) is 1.46. The van der Waals surface area contributed by atoms with Gasteiger partial charge in [-0.2, -0.15) is 0 Å². The Bertz CT molecular complexity index is 747. The van der Waals surface area contributed by atoms with Crippen molar-refractivity contribution in [2.24, 2.45) is 0 Å². The van der Waals surface area contributed by atoms with Gasteiger partial charge in [0, 0.05) is 11.6 Å². The van der Waals surface area contributed by atoms with E-state index in [2.05, 4.69) is 0 Å². The van der Waals surface area contributed by atoms with Crippen LogP contribution in [-0.2, 0) is 11.2 Å². The lowest BCUT2D eigenvalue weighted by atomic mass is 9.91. The van der Waals surface area contributed by atoms with Gasteiger partial charge >= 0.3 is 5.97 Å². The molecule has 0 aliphatic rings. The molecular formula is C16H14ClNO5. The van der Waals surface area contributed by atoms with E-state index < -0.39 is 16.8 Å². The van der Waals surface area contributed by atoms with Gasteiger partial charge in [0.25, 0.3) is 5.69 Å². The number of carbonyl (C=O) groups is 1. The van der Waals surface area contributed by atoms with Crippen LogP contribution in [0.5, 0.6) is 5.75 Å². The summed E-state index contributed by atoms with van der Waals surface area (Å²) >= 11 is 6.04.